The van der Waals surface area contributed by atoms with Crippen LogP contribution >= 0.6 is 0 Å². The zero-order valence-electron chi connectivity index (χ0n) is 8.08. The Kier molecular flexibility index (Phi) is 2.55. The molecular weight excluding hydrogens is 203 g/mol. The molecule has 0 aromatic heterocycles. The van der Waals surface area contributed by atoms with Crippen LogP contribution in [-0.2, 0) is 16.1 Å². The number of hydrogen-bond donors (Lipinski definition) is 0. The summed E-state index contributed by atoms with van der Waals surface area (Å²) >= 11 is 0. The van der Waals surface area contributed by atoms with Gasteiger partial charge in [-0.05, 0) is 12.1 Å². The Bertz CT molecular complexity index is 403. The Morgan fingerprint density at radius 2 is 2.33 bits per heavy atom. The quantitative estimate of drug-likeness (QED) is 0.562. The second-order valence-electron chi connectivity index (χ2n) is 3.03. The Labute approximate surface area is 85.6 Å². The molecule has 5 heteroatoms. The third-order valence-corrected chi connectivity index (χ3v) is 2.10. The molecular formula is C10H9FO4. The Morgan fingerprint density at radius 3 is 3.07 bits per heavy atom. The van der Waals surface area contributed by atoms with Gasteiger partial charge < -0.3 is 14.2 Å². The molecule has 1 aromatic carbocycles. The minimum Gasteiger partial charge on any atom is -0.467 e. The maximum Gasteiger partial charge on any atom is 0.342 e. The molecule has 0 atom stereocenters. The van der Waals surface area contributed by atoms with E-state index in [0.717, 1.165) is 0 Å². The topological polar surface area (TPSA) is 44.8 Å². The average molecular weight is 212 g/mol. The fourth-order valence-corrected chi connectivity index (χ4v) is 1.42. The fourth-order valence-electron chi connectivity index (χ4n) is 1.42. The molecule has 15 heavy (non-hydrogen) atoms. The van der Waals surface area contributed by atoms with Gasteiger partial charge in [-0.3, -0.25) is 0 Å². The molecule has 4 nitrogen and oxygen atoms in total. The van der Waals surface area contributed by atoms with Gasteiger partial charge in [0.25, 0.3) is 0 Å². The van der Waals surface area contributed by atoms with Crippen LogP contribution in [0.15, 0.2) is 12.1 Å². The molecule has 2 rings (SSSR count). The van der Waals surface area contributed by atoms with Crippen molar-refractivity contribution in [3.8, 4) is 5.75 Å². The normalized spacial score (nSPS) is 13.6. The molecule has 0 bridgehead atoms. The second kappa shape index (κ2) is 3.86. The highest BCUT2D eigenvalue weighted by Crippen LogP contribution is 2.31. The van der Waals surface area contributed by atoms with Crippen molar-refractivity contribution in [1.82, 2.24) is 0 Å². The molecule has 0 fully saturated rings. The summed E-state index contributed by atoms with van der Waals surface area (Å²) in [5, 5.41) is 0. The van der Waals surface area contributed by atoms with E-state index in [4.69, 9.17) is 14.2 Å². The predicted molar refractivity (Wildman–Crippen MR) is 48.0 cm³/mol. The number of benzene rings is 1. The standard InChI is InChI=1S/C10H9FO4/c1-13-5-15-8-3-2-7(11)6-4-14-10(12)9(6)8/h2-3H,4-5H2,1H3. The molecule has 0 amide bonds. The van der Waals surface area contributed by atoms with Crippen molar-refractivity contribution in [1.29, 1.82) is 0 Å². The van der Waals surface area contributed by atoms with Crippen LogP contribution in [0.25, 0.3) is 0 Å². The van der Waals surface area contributed by atoms with Crippen molar-refractivity contribution in [2.24, 2.45) is 0 Å². The van der Waals surface area contributed by atoms with Gasteiger partial charge in [0.2, 0.25) is 0 Å². The van der Waals surface area contributed by atoms with Gasteiger partial charge in [-0.1, -0.05) is 0 Å². The van der Waals surface area contributed by atoms with E-state index in [0.29, 0.717) is 0 Å². The van der Waals surface area contributed by atoms with Gasteiger partial charge in [0.05, 0.1) is 0 Å². The summed E-state index contributed by atoms with van der Waals surface area (Å²) < 4.78 is 27.8. The van der Waals surface area contributed by atoms with E-state index in [1.165, 1.54) is 19.2 Å². The zero-order chi connectivity index (χ0) is 10.8. The molecule has 80 valence electrons. The van der Waals surface area contributed by atoms with Crippen LogP contribution in [0.4, 0.5) is 4.39 Å². The highest BCUT2D eigenvalue weighted by molar-refractivity contribution is 5.96. The van der Waals surface area contributed by atoms with Crippen molar-refractivity contribution in [2.75, 3.05) is 13.9 Å². The van der Waals surface area contributed by atoms with Crippen LogP contribution < -0.4 is 4.74 Å². The Hall–Kier alpha value is -1.62. The first kappa shape index (κ1) is 9.92. The second-order valence-corrected chi connectivity index (χ2v) is 3.03. The van der Waals surface area contributed by atoms with Crippen molar-refractivity contribution >= 4 is 5.97 Å². The van der Waals surface area contributed by atoms with Crippen molar-refractivity contribution in [2.45, 2.75) is 6.61 Å². The van der Waals surface area contributed by atoms with E-state index in [9.17, 15) is 9.18 Å². The van der Waals surface area contributed by atoms with Gasteiger partial charge in [-0.15, -0.1) is 0 Å². The molecule has 0 spiro atoms. The van der Waals surface area contributed by atoms with Crippen LogP contribution in [-0.4, -0.2) is 19.9 Å². The van der Waals surface area contributed by atoms with E-state index >= 15 is 0 Å². The number of carbonyl (C=O) groups excluding carboxylic acids is 1. The zero-order valence-corrected chi connectivity index (χ0v) is 8.08. The van der Waals surface area contributed by atoms with Gasteiger partial charge in [-0.2, -0.15) is 0 Å². The lowest BCUT2D eigenvalue weighted by atomic mass is 10.1. The highest BCUT2D eigenvalue weighted by Gasteiger charge is 2.28. The number of rotatable bonds is 3. The number of methoxy groups -OCH3 is 1. The number of carbonyl (C=O) groups is 1. The summed E-state index contributed by atoms with van der Waals surface area (Å²) in [7, 11) is 1.46. The summed E-state index contributed by atoms with van der Waals surface area (Å²) in [4.78, 5) is 11.3. The molecule has 1 heterocycles. The molecule has 1 aromatic rings. The van der Waals surface area contributed by atoms with E-state index in [1.807, 2.05) is 0 Å². The maximum atomic E-state index is 13.2. The van der Waals surface area contributed by atoms with Crippen molar-refractivity contribution < 1.29 is 23.4 Å². The number of esters is 1. The van der Waals surface area contributed by atoms with Gasteiger partial charge in [0.1, 0.15) is 23.7 Å². The summed E-state index contributed by atoms with van der Waals surface area (Å²) in [5.74, 6) is -0.730. The SMILES string of the molecule is COCOc1ccc(F)c2c1C(=O)OC2. The van der Waals surface area contributed by atoms with Gasteiger partial charge >= 0.3 is 5.97 Å². The van der Waals surface area contributed by atoms with E-state index in [-0.39, 0.29) is 30.3 Å². The third-order valence-electron chi connectivity index (χ3n) is 2.10. The molecule has 0 radical (unpaired) electrons. The summed E-state index contributed by atoms with van der Waals surface area (Å²) in [6.45, 7) is -0.0322. The lowest BCUT2D eigenvalue weighted by Gasteiger charge is -2.07. The maximum absolute atomic E-state index is 13.2. The van der Waals surface area contributed by atoms with E-state index in [2.05, 4.69) is 0 Å². The fraction of sp³-hybridized carbons (Fsp3) is 0.300. The van der Waals surface area contributed by atoms with E-state index in [1.54, 1.807) is 0 Å². The number of hydrogen-bond acceptors (Lipinski definition) is 4. The minimum atomic E-state index is -0.560. The Balaban J connectivity index is 2.40. The van der Waals surface area contributed by atoms with Crippen LogP contribution in [0, 0.1) is 5.82 Å². The van der Waals surface area contributed by atoms with Crippen LogP contribution in [0.2, 0.25) is 0 Å². The van der Waals surface area contributed by atoms with Crippen LogP contribution in [0.3, 0.4) is 0 Å². The largest absolute Gasteiger partial charge is 0.467 e. The van der Waals surface area contributed by atoms with Crippen molar-refractivity contribution in [3.63, 3.8) is 0 Å². The number of ether oxygens (including phenoxy) is 3. The summed E-state index contributed by atoms with van der Waals surface area (Å²) in [6.07, 6.45) is 0. The smallest absolute Gasteiger partial charge is 0.342 e. The lowest BCUT2D eigenvalue weighted by molar-refractivity contribution is 0.0460. The van der Waals surface area contributed by atoms with Gasteiger partial charge in [-0.25, -0.2) is 9.18 Å². The van der Waals surface area contributed by atoms with E-state index < -0.39 is 11.8 Å². The first-order valence-corrected chi connectivity index (χ1v) is 4.34. The monoisotopic (exact) mass is 212 g/mol. The molecule has 0 N–H and O–H groups in total. The van der Waals surface area contributed by atoms with Gasteiger partial charge in [0, 0.05) is 12.7 Å². The first-order chi connectivity index (χ1) is 7.24. The number of fused-ring (bicyclic) bond motifs is 1. The van der Waals surface area contributed by atoms with Crippen LogP contribution in [0.5, 0.6) is 5.75 Å². The minimum absolute atomic E-state index is 0.00531. The van der Waals surface area contributed by atoms with Crippen molar-refractivity contribution in [3.05, 3.63) is 29.1 Å². The molecule has 0 unspecified atom stereocenters. The number of cyclic esters (lactones) is 1. The van der Waals surface area contributed by atoms with Gasteiger partial charge in [0.15, 0.2) is 6.79 Å². The lowest BCUT2D eigenvalue weighted by Crippen LogP contribution is -2.05. The average Bonchev–Trinajstić information content (AvgIpc) is 2.61. The third kappa shape index (κ3) is 1.66. The first-order valence-electron chi connectivity index (χ1n) is 4.34. The summed E-state index contributed by atoms with van der Waals surface area (Å²) in [6, 6.07) is 2.63. The Morgan fingerprint density at radius 1 is 1.53 bits per heavy atom. The number of halogens is 1. The molecule has 0 saturated heterocycles. The predicted octanol–water partition coefficient (Wildman–Crippen LogP) is 1.48. The molecule has 1 aliphatic heterocycles. The summed E-state index contributed by atoms with van der Waals surface area (Å²) in [5.41, 5.74) is 0.403. The molecule has 0 saturated carbocycles. The van der Waals surface area contributed by atoms with Crippen LogP contribution in [0.1, 0.15) is 15.9 Å². The highest BCUT2D eigenvalue weighted by atomic mass is 19.1. The molecule has 0 aliphatic carbocycles. The molecule has 1 aliphatic rings.